The second kappa shape index (κ2) is 9.79. The van der Waals surface area contributed by atoms with E-state index < -0.39 is 10.2 Å². The van der Waals surface area contributed by atoms with Crippen molar-refractivity contribution in [2.24, 2.45) is 22.4 Å². The average Bonchev–Trinajstić information content (AvgIpc) is 2.77. The van der Waals surface area contributed by atoms with E-state index in [1.807, 2.05) is 0 Å². The van der Waals surface area contributed by atoms with Crippen LogP contribution >= 0.6 is 0 Å². The zero-order valence-electron chi connectivity index (χ0n) is 20.4. The third kappa shape index (κ3) is 5.87. The first-order valence-corrected chi connectivity index (χ1v) is 13.8. The van der Waals surface area contributed by atoms with E-state index >= 15 is 0 Å². The maximum absolute atomic E-state index is 13.2. The first-order valence-electron chi connectivity index (χ1n) is 12.2. The molecule has 1 aromatic heterocycles. The molecule has 1 saturated heterocycles. The van der Waals surface area contributed by atoms with E-state index in [-0.39, 0.29) is 29.2 Å². The number of fused-ring (bicyclic) bond motifs is 1. The highest BCUT2D eigenvalue weighted by Gasteiger charge is 2.41. The lowest BCUT2D eigenvalue weighted by atomic mass is 9.73. The van der Waals surface area contributed by atoms with E-state index in [2.05, 4.69) is 66.0 Å². The van der Waals surface area contributed by atoms with Gasteiger partial charge in [0.25, 0.3) is 10.2 Å². The van der Waals surface area contributed by atoms with Crippen molar-refractivity contribution >= 4 is 32.8 Å². The Morgan fingerprint density at radius 2 is 1.88 bits per heavy atom. The molecule has 9 heteroatoms. The SMILES string of the molecule is Cc1cccc2ccc(N3CC[C@H](C(=O)NC4CCC(CNS(N)(=O)=O)CC4)C(C)(C)C3)nc12. The van der Waals surface area contributed by atoms with Crippen molar-refractivity contribution < 1.29 is 13.2 Å². The Balaban J connectivity index is 1.33. The fourth-order valence-corrected chi connectivity index (χ4v) is 6.01. The zero-order valence-corrected chi connectivity index (χ0v) is 21.2. The summed E-state index contributed by atoms with van der Waals surface area (Å²) in [6.45, 7) is 8.38. The molecule has 1 aliphatic heterocycles. The number of para-hydroxylation sites is 1. The molecule has 2 aromatic rings. The monoisotopic (exact) mass is 487 g/mol. The lowest BCUT2D eigenvalue weighted by Crippen LogP contribution is -2.53. The minimum absolute atomic E-state index is 0.0484. The Hall–Kier alpha value is -2.23. The van der Waals surface area contributed by atoms with Gasteiger partial charge in [-0.05, 0) is 68.1 Å². The number of nitrogens with two attached hydrogens (primary N) is 1. The standard InChI is InChI=1S/C25H37N5O3S/c1-17-5-4-6-19-9-12-22(29-23(17)19)30-14-13-21(25(2,3)16-30)24(31)28-20-10-7-18(8-11-20)15-27-34(26,32)33/h4-6,9,12,18,20-21,27H,7-8,10-11,13-16H2,1-3H3,(H,28,31)(H2,26,32,33)/t18?,20?,21-/m1/s1. The van der Waals surface area contributed by atoms with Gasteiger partial charge in [0.05, 0.1) is 5.52 Å². The van der Waals surface area contributed by atoms with Crippen molar-refractivity contribution in [2.75, 3.05) is 24.5 Å². The summed E-state index contributed by atoms with van der Waals surface area (Å²) in [7, 11) is -3.65. The number of amides is 1. The van der Waals surface area contributed by atoms with Crippen LogP contribution in [0.1, 0.15) is 51.5 Å². The van der Waals surface area contributed by atoms with Gasteiger partial charge in [-0.3, -0.25) is 4.79 Å². The van der Waals surface area contributed by atoms with E-state index in [9.17, 15) is 13.2 Å². The number of anilines is 1. The largest absolute Gasteiger partial charge is 0.356 e. The van der Waals surface area contributed by atoms with Crippen LogP contribution in [0.5, 0.6) is 0 Å². The average molecular weight is 488 g/mol. The van der Waals surface area contributed by atoms with E-state index in [1.165, 1.54) is 5.56 Å². The topological polar surface area (TPSA) is 117 Å². The predicted molar refractivity (Wildman–Crippen MR) is 136 cm³/mol. The summed E-state index contributed by atoms with van der Waals surface area (Å²) in [6, 6.07) is 10.6. The maximum atomic E-state index is 13.2. The van der Waals surface area contributed by atoms with Gasteiger partial charge in [-0.25, -0.2) is 14.8 Å². The summed E-state index contributed by atoms with van der Waals surface area (Å²) >= 11 is 0. The molecule has 2 heterocycles. The van der Waals surface area contributed by atoms with Crippen LogP contribution in [0.25, 0.3) is 10.9 Å². The quantitative estimate of drug-likeness (QED) is 0.579. The Morgan fingerprint density at radius 1 is 1.15 bits per heavy atom. The summed E-state index contributed by atoms with van der Waals surface area (Å²) < 4.78 is 24.6. The lowest BCUT2D eigenvalue weighted by molar-refractivity contribution is -0.130. The first kappa shape index (κ1) is 24.9. The number of hydrogen-bond donors (Lipinski definition) is 3. The van der Waals surface area contributed by atoms with E-state index in [4.69, 9.17) is 10.1 Å². The van der Waals surface area contributed by atoms with Gasteiger partial charge in [0.2, 0.25) is 5.91 Å². The van der Waals surface area contributed by atoms with Crippen molar-refractivity contribution in [2.45, 2.75) is 58.9 Å². The van der Waals surface area contributed by atoms with Gasteiger partial charge >= 0.3 is 0 Å². The Kier molecular flexibility index (Phi) is 7.17. The van der Waals surface area contributed by atoms with E-state index in [0.29, 0.717) is 6.54 Å². The highest BCUT2D eigenvalue weighted by molar-refractivity contribution is 7.87. The number of carbonyl (C=O) groups is 1. The predicted octanol–water partition coefficient (Wildman–Crippen LogP) is 2.86. The molecule has 2 aliphatic rings. The minimum Gasteiger partial charge on any atom is -0.356 e. The normalized spacial score (nSPS) is 25.3. The molecular formula is C25H37N5O3S. The minimum atomic E-state index is -3.65. The summed E-state index contributed by atoms with van der Waals surface area (Å²) in [4.78, 5) is 20.5. The number of benzene rings is 1. The molecular weight excluding hydrogens is 450 g/mol. The Labute approximate surface area is 202 Å². The summed E-state index contributed by atoms with van der Waals surface area (Å²) in [5.74, 6) is 1.33. The van der Waals surface area contributed by atoms with Gasteiger partial charge in [-0.15, -0.1) is 0 Å². The third-order valence-corrected chi connectivity index (χ3v) is 8.11. The van der Waals surface area contributed by atoms with Gasteiger partial charge in [-0.2, -0.15) is 8.42 Å². The molecule has 8 nitrogen and oxygen atoms in total. The number of carbonyl (C=O) groups excluding carboxylic acids is 1. The van der Waals surface area contributed by atoms with Crippen LogP contribution < -0.4 is 20.1 Å². The smallest absolute Gasteiger partial charge is 0.274 e. The van der Waals surface area contributed by atoms with Gasteiger partial charge in [-0.1, -0.05) is 32.0 Å². The van der Waals surface area contributed by atoms with Crippen molar-refractivity contribution in [1.82, 2.24) is 15.0 Å². The molecule has 0 spiro atoms. The lowest BCUT2D eigenvalue weighted by Gasteiger charge is -2.44. The molecule has 0 radical (unpaired) electrons. The molecule has 1 amide bonds. The molecule has 4 rings (SSSR count). The second-order valence-electron chi connectivity index (χ2n) is 10.7. The molecule has 1 atom stereocenters. The molecule has 1 saturated carbocycles. The van der Waals surface area contributed by atoms with Gasteiger partial charge in [0.1, 0.15) is 5.82 Å². The summed E-state index contributed by atoms with van der Waals surface area (Å²) in [6.07, 6.45) is 4.27. The van der Waals surface area contributed by atoms with Crippen molar-refractivity contribution in [3.05, 3.63) is 35.9 Å². The Bertz CT molecular complexity index is 1140. The van der Waals surface area contributed by atoms with Crippen LogP contribution in [0, 0.1) is 24.2 Å². The molecule has 2 fully saturated rings. The third-order valence-electron chi connectivity index (χ3n) is 7.54. The summed E-state index contributed by atoms with van der Waals surface area (Å²) in [5.41, 5.74) is 2.02. The highest BCUT2D eigenvalue weighted by Crippen LogP contribution is 2.37. The number of hydrogen-bond acceptors (Lipinski definition) is 5. The fraction of sp³-hybridized carbons (Fsp3) is 0.600. The zero-order chi connectivity index (χ0) is 24.5. The van der Waals surface area contributed by atoms with Crippen LogP contribution in [0.3, 0.4) is 0 Å². The second-order valence-corrected chi connectivity index (χ2v) is 12.1. The highest BCUT2D eigenvalue weighted by atomic mass is 32.2. The summed E-state index contributed by atoms with van der Waals surface area (Å²) in [5, 5.41) is 9.46. The van der Waals surface area contributed by atoms with E-state index in [1.54, 1.807) is 0 Å². The van der Waals surface area contributed by atoms with Crippen LogP contribution in [-0.2, 0) is 15.0 Å². The van der Waals surface area contributed by atoms with Crippen molar-refractivity contribution in [1.29, 1.82) is 0 Å². The molecule has 186 valence electrons. The number of rotatable bonds is 6. The van der Waals surface area contributed by atoms with Crippen LogP contribution in [-0.4, -0.2) is 45.0 Å². The fourth-order valence-electron chi connectivity index (χ4n) is 5.55. The van der Waals surface area contributed by atoms with Crippen LogP contribution in [0.4, 0.5) is 5.82 Å². The van der Waals surface area contributed by atoms with E-state index in [0.717, 1.165) is 61.9 Å². The number of aromatic nitrogens is 1. The molecule has 0 bridgehead atoms. The number of aryl methyl sites for hydroxylation is 1. The maximum Gasteiger partial charge on any atom is 0.274 e. The number of pyridine rings is 1. The van der Waals surface area contributed by atoms with Crippen LogP contribution in [0.2, 0.25) is 0 Å². The van der Waals surface area contributed by atoms with Crippen molar-refractivity contribution in [3.8, 4) is 0 Å². The molecule has 1 aromatic carbocycles. The first-order chi connectivity index (χ1) is 16.0. The molecule has 1 aliphatic carbocycles. The van der Waals surface area contributed by atoms with Gasteiger partial charge < -0.3 is 10.2 Å². The number of nitrogens with zero attached hydrogens (tertiary/aromatic N) is 2. The van der Waals surface area contributed by atoms with Crippen molar-refractivity contribution in [3.63, 3.8) is 0 Å². The Morgan fingerprint density at radius 3 is 2.56 bits per heavy atom. The molecule has 0 unspecified atom stereocenters. The number of piperidine rings is 1. The molecule has 4 N–H and O–H groups in total. The molecule has 34 heavy (non-hydrogen) atoms. The van der Waals surface area contributed by atoms with Crippen LogP contribution in [0.15, 0.2) is 30.3 Å². The van der Waals surface area contributed by atoms with Gasteiger partial charge in [0.15, 0.2) is 0 Å². The van der Waals surface area contributed by atoms with Gasteiger partial charge in [0, 0.05) is 37.0 Å². The number of nitrogens with one attached hydrogen (secondary N) is 2.